The molecule has 0 spiro atoms. The number of hydrogen-bond acceptors (Lipinski definition) is 4. The Morgan fingerprint density at radius 3 is 2.69 bits per heavy atom. The molecule has 0 aromatic heterocycles. The molecule has 0 saturated heterocycles. The number of hydrogen-bond donors (Lipinski definition) is 2. The van der Waals surface area contributed by atoms with Crippen LogP contribution in [0.3, 0.4) is 0 Å². The monoisotopic (exact) mass is 504 g/mol. The molecule has 1 aliphatic carbocycles. The molecule has 0 fully saturated rings. The maximum atomic E-state index is 14.2. The topological polar surface area (TPSA) is 67.4 Å². The number of amides is 1. The van der Waals surface area contributed by atoms with E-state index in [1.165, 1.54) is 12.5 Å². The lowest BCUT2D eigenvalue weighted by atomic mass is 9.98. The summed E-state index contributed by atoms with van der Waals surface area (Å²) in [4.78, 5) is 24.9. The third-order valence-corrected chi connectivity index (χ3v) is 5.90. The number of allylic oxidation sites excluding steroid dienone is 4. The van der Waals surface area contributed by atoms with Crippen LogP contribution in [0.15, 0.2) is 53.8 Å². The number of ether oxygens (including phenoxy) is 1. The van der Waals surface area contributed by atoms with E-state index in [4.69, 9.17) is 4.74 Å². The normalized spacial score (nSPS) is 14.3. The predicted octanol–water partition coefficient (Wildman–Crippen LogP) is 5.15. The molecule has 0 radical (unpaired) electrons. The Bertz CT molecular complexity index is 1030. The summed E-state index contributed by atoms with van der Waals surface area (Å²) in [6.07, 6.45) is 10.0. The summed E-state index contributed by atoms with van der Waals surface area (Å²) in [5.74, 6) is -4.13. The number of carbonyl (C=O) groups is 2. The quantitative estimate of drug-likeness (QED) is 0.344. The summed E-state index contributed by atoms with van der Waals surface area (Å²) in [6.45, 7) is 9.42. The molecule has 0 bridgehead atoms. The van der Waals surface area contributed by atoms with Crippen LogP contribution in [0.25, 0.3) is 0 Å². The number of Topliss-reactive ketones (excluding diaryl/α,β-unsaturated/α-hetero) is 1. The zero-order chi connectivity index (χ0) is 26.7. The van der Waals surface area contributed by atoms with Gasteiger partial charge in [0.05, 0.1) is 25.8 Å². The summed E-state index contributed by atoms with van der Waals surface area (Å²) in [6, 6.07) is -0.0397. The molecule has 1 amide bonds. The zero-order valence-corrected chi connectivity index (χ0v) is 21.2. The SMILES string of the molecule is C=C(COCC1=C(/C=C\C)CCC=C1)NCC(=O)NC(CC)C(=O)CCc1c(F)c(C)cc(F)c1F. The summed E-state index contributed by atoms with van der Waals surface area (Å²) >= 11 is 0. The van der Waals surface area contributed by atoms with Crippen LogP contribution >= 0.6 is 0 Å². The van der Waals surface area contributed by atoms with Crippen LogP contribution in [0, 0.1) is 24.4 Å². The first-order valence-corrected chi connectivity index (χ1v) is 12.1. The van der Waals surface area contributed by atoms with Crippen LogP contribution in [0.2, 0.25) is 0 Å². The average molecular weight is 505 g/mol. The van der Waals surface area contributed by atoms with Gasteiger partial charge >= 0.3 is 0 Å². The van der Waals surface area contributed by atoms with Crippen molar-refractivity contribution in [2.24, 2.45) is 0 Å². The Labute approximate surface area is 211 Å². The number of benzene rings is 1. The number of halogens is 3. The minimum Gasteiger partial charge on any atom is -0.378 e. The predicted molar refractivity (Wildman–Crippen MR) is 135 cm³/mol. The largest absolute Gasteiger partial charge is 0.378 e. The molecule has 0 heterocycles. The van der Waals surface area contributed by atoms with E-state index in [0.717, 1.165) is 24.5 Å². The maximum Gasteiger partial charge on any atom is 0.239 e. The van der Waals surface area contributed by atoms with Gasteiger partial charge in [0.2, 0.25) is 5.91 Å². The van der Waals surface area contributed by atoms with Crippen molar-refractivity contribution >= 4 is 11.7 Å². The molecule has 2 rings (SSSR count). The molecule has 2 N–H and O–H groups in total. The highest BCUT2D eigenvalue weighted by atomic mass is 19.2. The van der Waals surface area contributed by atoms with Gasteiger partial charge in [0.1, 0.15) is 5.82 Å². The second-order valence-electron chi connectivity index (χ2n) is 8.72. The van der Waals surface area contributed by atoms with E-state index in [0.29, 0.717) is 18.7 Å². The van der Waals surface area contributed by atoms with Gasteiger partial charge in [-0.25, -0.2) is 13.2 Å². The molecule has 1 atom stereocenters. The molecule has 196 valence electrons. The first-order chi connectivity index (χ1) is 17.2. The molecular formula is C28H35F3N2O3. The molecule has 1 aliphatic rings. The lowest BCUT2D eigenvalue weighted by Crippen LogP contribution is -2.44. The molecule has 1 aromatic rings. The van der Waals surface area contributed by atoms with Crippen molar-refractivity contribution in [2.75, 3.05) is 19.8 Å². The van der Waals surface area contributed by atoms with Gasteiger partial charge in [0.25, 0.3) is 0 Å². The Balaban J connectivity index is 1.78. The van der Waals surface area contributed by atoms with E-state index < -0.39 is 35.0 Å². The minimum absolute atomic E-state index is 0.0304. The minimum atomic E-state index is -1.29. The Morgan fingerprint density at radius 1 is 1.25 bits per heavy atom. The van der Waals surface area contributed by atoms with Gasteiger partial charge < -0.3 is 15.4 Å². The second kappa shape index (κ2) is 14.4. The summed E-state index contributed by atoms with van der Waals surface area (Å²) < 4.78 is 47.5. The summed E-state index contributed by atoms with van der Waals surface area (Å²) in [7, 11) is 0. The fraction of sp³-hybridized carbons (Fsp3) is 0.429. The van der Waals surface area contributed by atoms with Crippen molar-refractivity contribution in [1.82, 2.24) is 10.6 Å². The highest BCUT2D eigenvalue weighted by Crippen LogP contribution is 2.22. The Hall–Kier alpha value is -3.13. The number of ketones is 1. The molecule has 8 heteroatoms. The molecule has 36 heavy (non-hydrogen) atoms. The molecule has 5 nitrogen and oxygen atoms in total. The van der Waals surface area contributed by atoms with Gasteiger partial charge in [-0.1, -0.05) is 37.8 Å². The second-order valence-corrected chi connectivity index (χ2v) is 8.72. The lowest BCUT2D eigenvalue weighted by molar-refractivity contribution is -0.127. The lowest BCUT2D eigenvalue weighted by Gasteiger charge is -2.18. The van der Waals surface area contributed by atoms with E-state index in [-0.39, 0.29) is 37.3 Å². The standard InChI is InChI=1S/C28H35F3N2O3/c1-5-9-20-10-7-8-11-21(20)17-36-16-19(4)32-15-26(35)33-24(6-2)25(34)13-12-22-27(30)18(3)14-23(29)28(22)31/h5,8-9,11,14,24,32H,4,6-7,10,12-13,15-17H2,1-3H3,(H,33,35)/b9-5-. The fourth-order valence-corrected chi connectivity index (χ4v) is 3.90. The number of nitrogens with one attached hydrogen (secondary N) is 2. The van der Waals surface area contributed by atoms with Gasteiger partial charge in [-0.2, -0.15) is 0 Å². The van der Waals surface area contributed by atoms with Crippen molar-refractivity contribution in [2.45, 2.75) is 58.9 Å². The van der Waals surface area contributed by atoms with Gasteiger partial charge in [0.15, 0.2) is 17.4 Å². The Kier molecular flexibility index (Phi) is 11.7. The van der Waals surface area contributed by atoms with Gasteiger partial charge in [0, 0.05) is 17.7 Å². The van der Waals surface area contributed by atoms with Crippen LogP contribution in [0.5, 0.6) is 0 Å². The van der Waals surface area contributed by atoms with Crippen molar-refractivity contribution < 1.29 is 27.5 Å². The van der Waals surface area contributed by atoms with Crippen LogP contribution < -0.4 is 10.6 Å². The maximum absolute atomic E-state index is 14.2. The molecule has 0 saturated carbocycles. The fourth-order valence-electron chi connectivity index (χ4n) is 3.90. The smallest absolute Gasteiger partial charge is 0.239 e. The van der Waals surface area contributed by atoms with Crippen molar-refractivity contribution in [3.63, 3.8) is 0 Å². The van der Waals surface area contributed by atoms with Crippen molar-refractivity contribution in [1.29, 1.82) is 0 Å². The summed E-state index contributed by atoms with van der Waals surface area (Å²) in [5, 5.41) is 5.50. The average Bonchev–Trinajstić information content (AvgIpc) is 2.85. The summed E-state index contributed by atoms with van der Waals surface area (Å²) in [5.41, 5.74) is 2.38. The van der Waals surface area contributed by atoms with Crippen LogP contribution in [-0.2, 0) is 20.7 Å². The van der Waals surface area contributed by atoms with Gasteiger partial charge in [-0.3, -0.25) is 9.59 Å². The number of aryl methyl sites for hydroxylation is 1. The Morgan fingerprint density at radius 2 is 2.00 bits per heavy atom. The van der Waals surface area contributed by atoms with Crippen LogP contribution in [0.1, 0.15) is 50.7 Å². The van der Waals surface area contributed by atoms with E-state index in [1.54, 1.807) is 6.92 Å². The van der Waals surface area contributed by atoms with Crippen molar-refractivity contribution in [3.8, 4) is 0 Å². The van der Waals surface area contributed by atoms with Crippen LogP contribution in [-0.4, -0.2) is 37.5 Å². The van der Waals surface area contributed by atoms with Crippen LogP contribution in [0.4, 0.5) is 13.2 Å². The molecular weight excluding hydrogens is 469 g/mol. The zero-order valence-electron chi connectivity index (χ0n) is 21.2. The third-order valence-electron chi connectivity index (χ3n) is 5.90. The molecule has 1 aromatic carbocycles. The van der Waals surface area contributed by atoms with E-state index in [1.807, 2.05) is 13.0 Å². The van der Waals surface area contributed by atoms with Crippen molar-refractivity contribution in [3.05, 3.63) is 82.4 Å². The van der Waals surface area contributed by atoms with Gasteiger partial charge in [-0.15, -0.1) is 0 Å². The van der Waals surface area contributed by atoms with E-state index in [9.17, 15) is 22.8 Å². The highest BCUT2D eigenvalue weighted by Gasteiger charge is 2.22. The van der Waals surface area contributed by atoms with Gasteiger partial charge in [-0.05, 0) is 62.3 Å². The first-order valence-electron chi connectivity index (χ1n) is 12.1. The third kappa shape index (κ3) is 8.52. The number of carbonyl (C=O) groups excluding carboxylic acids is 2. The molecule has 0 aliphatic heterocycles. The first kappa shape index (κ1) is 29.1. The van der Waals surface area contributed by atoms with E-state index >= 15 is 0 Å². The number of rotatable bonds is 14. The molecule has 1 unspecified atom stereocenters. The van der Waals surface area contributed by atoms with E-state index in [2.05, 4.69) is 35.4 Å². The highest BCUT2D eigenvalue weighted by molar-refractivity contribution is 5.89.